The topological polar surface area (TPSA) is 79.5 Å². The Bertz CT molecular complexity index is 444. The molecule has 1 aliphatic heterocycles. The molecule has 1 saturated heterocycles. The van der Waals surface area contributed by atoms with E-state index in [1.165, 1.54) is 0 Å². The van der Waals surface area contributed by atoms with Crippen LogP contribution >= 0.6 is 0 Å². The summed E-state index contributed by atoms with van der Waals surface area (Å²) in [6, 6.07) is 9.16. The molecule has 3 N–H and O–H groups in total. The van der Waals surface area contributed by atoms with Gasteiger partial charge in [0.1, 0.15) is 0 Å². The molecule has 108 valence electrons. The third kappa shape index (κ3) is 4.99. The van der Waals surface area contributed by atoms with Crippen LogP contribution in [0.2, 0.25) is 0 Å². The number of amides is 2. The van der Waals surface area contributed by atoms with E-state index < -0.39 is 0 Å². The molecule has 1 aromatic rings. The number of carbonyl (C=O) groups is 2. The standard InChI is InChI=1S/C14H19N3O3/c18-13(8-12-10-20-7-6-15-12)16-9-14(19)17-11-4-2-1-3-5-11/h1-5,12,15H,6-10H2,(H,16,18)(H,17,19). The van der Waals surface area contributed by atoms with Gasteiger partial charge in [-0.05, 0) is 12.1 Å². The first-order chi connectivity index (χ1) is 9.74. The van der Waals surface area contributed by atoms with Crippen LogP contribution in [-0.4, -0.2) is 44.2 Å². The minimum absolute atomic E-state index is 0.0265. The number of para-hydroxylation sites is 1. The van der Waals surface area contributed by atoms with E-state index in [4.69, 9.17) is 4.74 Å². The number of ether oxygens (including phenoxy) is 1. The van der Waals surface area contributed by atoms with Gasteiger partial charge in [0.2, 0.25) is 11.8 Å². The van der Waals surface area contributed by atoms with Crippen molar-refractivity contribution in [1.82, 2.24) is 10.6 Å². The monoisotopic (exact) mass is 277 g/mol. The van der Waals surface area contributed by atoms with Gasteiger partial charge in [-0.15, -0.1) is 0 Å². The highest BCUT2D eigenvalue weighted by molar-refractivity contribution is 5.94. The number of hydrogen-bond acceptors (Lipinski definition) is 4. The molecule has 0 aromatic heterocycles. The third-order valence-corrected chi connectivity index (χ3v) is 2.93. The van der Waals surface area contributed by atoms with Gasteiger partial charge < -0.3 is 20.7 Å². The molecule has 1 atom stereocenters. The zero-order valence-corrected chi connectivity index (χ0v) is 11.2. The molecule has 6 nitrogen and oxygen atoms in total. The average Bonchev–Trinajstić information content (AvgIpc) is 2.47. The molecule has 20 heavy (non-hydrogen) atoms. The van der Waals surface area contributed by atoms with E-state index in [1.54, 1.807) is 12.1 Å². The normalized spacial score (nSPS) is 18.3. The van der Waals surface area contributed by atoms with Crippen molar-refractivity contribution in [3.63, 3.8) is 0 Å². The van der Waals surface area contributed by atoms with Crippen molar-refractivity contribution >= 4 is 17.5 Å². The molecule has 1 aromatic carbocycles. The summed E-state index contributed by atoms with van der Waals surface area (Å²) in [7, 11) is 0. The Hall–Kier alpha value is -1.92. The van der Waals surface area contributed by atoms with Crippen molar-refractivity contribution in [3.8, 4) is 0 Å². The van der Waals surface area contributed by atoms with Crippen molar-refractivity contribution < 1.29 is 14.3 Å². The second kappa shape index (κ2) is 7.62. The molecule has 0 saturated carbocycles. The molecule has 1 aliphatic rings. The maximum atomic E-state index is 11.7. The van der Waals surface area contributed by atoms with Crippen LogP contribution in [0.4, 0.5) is 5.69 Å². The number of carbonyl (C=O) groups excluding carboxylic acids is 2. The highest BCUT2D eigenvalue weighted by atomic mass is 16.5. The van der Waals surface area contributed by atoms with Gasteiger partial charge in [-0.3, -0.25) is 9.59 Å². The second-order valence-corrected chi connectivity index (χ2v) is 4.62. The van der Waals surface area contributed by atoms with E-state index in [0.29, 0.717) is 25.3 Å². The highest BCUT2D eigenvalue weighted by Gasteiger charge is 2.17. The van der Waals surface area contributed by atoms with Gasteiger partial charge in [-0.25, -0.2) is 0 Å². The van der Waals surface area contributed by atoms with Crippen LogP contribution in [0.5, 0.6) is 0 Å². The molecule has 2 amide bonds. The van der Waals surface area contributed by atoms with Gasteiger partial charge in [0, 0.05) is 24.7 Å². The predicted octanol–water partition coefficient (Wildman–Crippen LogP) is 0.120. The average molecular weight is 277 g/mol. The fourth-order valence-electron chi connectivity index (χ4n) is 1.95. The van der Waals surface area contributed by atoms with Crippen LogP contribution < -0.4 is 16.0 Å². The molecule has 0 spiro atoms. The van der Waals surface area contributed by atoms with Gasteiger partial charge in [-0.1, -0.05) is 18.2 Å². The molecule has 2 rings (SSSR count). The Morgan fingerprint density at radius 1 is 1.25 bits per heavy atom. The number of hydrogen-bond donors (Lipinski definition) is 3. The van der Waals surface area contributed by atoms with Crippen molar-refractivity contribution in [2.24, 2.45) is 0 Å². The lowest BCUT2D eigenvalue weighted by molar-refractivity contribution is -0.125. The van der Waals surface area contributed by atoms with Crippen LogP contribution in [0.25, 0.3) is 0 Å². The summed E-state index contributed by atoms with van der Waals surface area (Å²) in [6.45, 7) is 1.94. The number of nitrogens with one attached hydrogen (secondary N) is 3. The molecule has 0 radical (unpaired) electrons. The van der Waals surface area contributed by atoms with Crippen LogP contribution in [0, 0.1) is 0 Å². The summed E-state index contributed by atoms with van der Waals surface area (Å²) in [5.74, 6) is -0.395. The first-order valence-electron chi connectivity index (χ1n) is 6.67. The summed E-state index contributed by atoms with van der Waals surface area (Å²) in [5.41, 5.74) is 0.717. The Morgan fingerprint density at radius 3 is 2.75 bits per heavy atom. The molecule has 0 aliphatic carbocycles. The van der Waals surface area contributed by atoms with Gasteiger partial charge in [0.15, 0.2) is 0 Å². The number of benzene rings is 1. The minimum atomic E-state index is -0.239. The summed E-state index contributed by atoms with van der Waals surface area (Å²) >= 11 is 0. The van der Waals surface area contributed by atoms with Crippen molar-refractivity contribution in [3.05, 3.63) is 30.3 Å². The lowest BCUT2D eigenvalue weighted by Gasteiger charge is -2.23. The van der Waals surface area contributed by atoms with Crippen molar-refractivity contribution in [2.45, 2.75) is 12.5 Å². The smallest absolute Gasteiger partial charge is 0.243 e. The molecule has 1 fully saturated rings. The van der Waals surface area contributed by atoms with Gasteiger partial charge in [0.25, 0.3) is 0 Å². The first-order valence-corrected chi connectivity index (χ1v) is 6.67. The summed E-state index contributed by atoms with van der Waals surface area (Å²) in [5, 5.41) is 8.50. The predicted molar refractivity (Wildman–Crippen MR) is 75.3 cm³/mol. The van der Waals surface area contributed by atoms with Crippen LogP contribution in [0.15, 0.2) is 30.3 Å². The number of morpholine rings is 1. The molecule has 1 heterocycles. The van der Waals surface area contributed by atoms with Gasteiger partial charge in [0.05, 0.1) is 19.8 Å². The van der Waals surface area contributed by atoms with Crippen molar-refractivity contribution in [1.29, 1.82) is 0 Å². The third-order valence-electron chi connectivity index (χ3n) is 2.93. The van der Waals surface area contributed by atoms with E-state index in [1.807, 2.05) is 18.2 Å². The lowest BCUT2D eigenvalue weighted by atomic mass is 10.2. The molecule has 0 bridgehead atoms. The summed E-state index contributed by atoms with van der Waals surface area (Å²) in [6.07, 6.45) is 0.318. The number of anilines is 1. The van der Waals surface area contributed by atoms with E-state index in [9.17, 15) is 9.59 Å². The minimum Gasteiger partial charge on any atom is -0.378 e. The van der Waals surface area contributed by atoms with E-state index in [-0.39, 0.29) is 24.4 Å². The molecular weight excluding hydrogens is 258 g/mol. The van der Waals surface area contributed by atoms with E-state index in [0.717, 1.165) is 6.54 Å². The highest BCUT2D eigenvalue weighted by Crippen LogP contribution is 2.04. The largest absolute Gasteiger partial charge is 0.378 e. The molecule has 6 heteroatoms. The Morgan fingerprint density at radius 2 is 2.05 bits per heavy atom. The zero-order valence-electron chi connectivity index (χ0n) is 11.2. The van der Waals surface area contributed by atoms with Crippen LogP contribution in [0.1, 0.15) is 6.42 Å². The second-order valence-electron chi connectivity index (χ2n) is 4.62. The molecular formula is C14H19N3O3. The van der Waals surface area contributed by atoms with Crippen molar-refractivity contribution in [2.75, 3.05) is 31.6 Å². The Balaban J connectivity index is 1.66. The Kier molecular flexibility index (Phi) is 5.52. The van der Waals surface area contributed by atoms with Gasteiger partial charge in [-0.2, -0.15) is 0 Å². The quantitative estimate of drug-likeness (QED) is 0.714. The fourth-order valence-corrected chi connectivity index (χ4v) is 1.95. The Labute approximate surface area is 117 Å². The lowest BCUT2D eigenvalue weighted by Crippen LogP contribution is -2.45. The van der Waals surface area contributed by atoms with Crippen LogP contribution in [-0.2, 0) is 14.3 Å². The summed E-state index contributed by atoms with van der Waals surface area (Å²) < 4.78 is 5.27. The fraction of sp³-hybridized carbons (Fsp3) is 0.429. The molecule has 1 unspecified atom stereocenters. The maximum absolute atomic E-state index is 11.7. The van der Waals surface area contributed by atoms with Gasteiger partial charge >= 0.3 is 0 Å². The number of rotatable bonds is 5. The first kappa shape index (κ1) is 14.5. The van der Waals surface area contributed by atoms with Crippen LogP contribution in [0.3, 0.4) is 0 Å². The maximum Gasteiger partial charge on any atom is 0.243 e. The van der Waals surface area contributed by atoms with E-state index >= 15 is 0 Å². The SMILES string of the molecule is O=C(CC1COCCN1)NCC(=O)Nc1ccccc1. The van der Waals surface area contributed by atoms with E-state index in [2.05, 4.69) is 16.0 Å². The summed E-state index contributed by atoms with van der Waals surface area (Å²) in [4.78, 5) is 23.3. The zero-order chi connectivity index (χ0) is 14.2.